The molecule has 2 aromatic heterocycles. The normalized spacial score (nSPS) is 10.1. The fourth-order valence-corrected chi connectivity index (χ4v) is 2.57. The maximum atomic E-state index is 5.88. The highest BCUT2D eigenvalue weighted by molar-refractivity contribution is 5.92. The lowest BCUT2D eigenvalue weighted by Crippen LogP contribution is -1.97. The fraction of sp³-hybridized carbons (Fsp3) is 0.136. The third-order valence-corrected chi connectivity index (χ3v) is 3.90. The molecule has 0 bridgehead atoms. The van der Waals surface area contributed by atoms with E-state index in [0.29, 0.717) is 17.3 Å². The molecule has 0 unspecified atom stereocenters. The van der Waals surface area contributed by atoms with Crippen molar-refractivity contribution in [1.29, 1.82) is 0 Å². The monoisotopic (exact) mass is 373 g/mol. The van der Waals surface area contributed by atoms with Gasteiger partial charge in [0.05, 0.1) is 11.7 Å². The zero-order valence-corrected chi connectivity index (χ0v) is 16.2. The highest BCUT2D eigenvalue weighted by Crippen LogP contribution is 2.27. The van der Waals surface area contributed by atoms with E-state index in [-0.39, 0.29) is 0 Å². The molecular formula is C22H23N5O. The number of aryl methyl sites for hydroxylation is 1. The molecule has 0 radical (unpaired) electrons. The standard InChI is InChI=1S/C20H17N5O.C2H6/c1-13-2-6-17(11-22-13)26-16-7-4-15(5-8-16)25-20-18-10-14(21)3-9-19(18)23-12-24-20;1-2/h2-12H,21H2,1H3,(H,23,24,25);1-2H3. The molecule has 0 atom stereocenters. The van der Waals surface area contributed by atoms with Crippen molar-refractivity contribution in [3.8, 4) is 11.5 Å². The number of pyridine rings is 1. The number of nitrogens with one attached hydrogen (secondary N) is 1. The van der Waals surface area contributed by atoms with Crippen LogP contribution < -0.4 is 15.8 Å². The number of rotatable bonds is 4. The number of ether oxygens (including phenoxy) is 1. The smallest absolute Gasteiger partial charge is 0.145 e. The van der Waals surface area contributed by atoms with Crippen LogP contribution in [0.2, 0.25) is 0 Å². The van der Waals surface area contributed by atoms with Crippen LogP contribution in [0, 0.1) is 6.92 Å². The van der Waals surface area contributed by atoms with Crippen LogP contribution in [0.4, 0.5) is 17.2 Å². The Balaban J connectivity index is 0.00000109. The second-order valence-corrected chi connectivity index (χ2v) is 5.89. The molecule has 0 spiro atoms. The van der Waals surface area contributed by atoms with Crippen molar-refractivity contribution in [3.63, 3.8) is 0 Å². The van der Waals surface area contributed by atoms with Crippen molar-refractivity contribution < 1.29 is 4.74 Å². The Morgan fingerprint density at radius 2 is 1.61 bits per heavy atom. The van der Waals surface area contributed by atoms with Gasteiger partial charge in [0.1, 0.15) is 23.6 Å². The number of anilines is 3. The van der Waals surface area contributed by atoms with E-state index in [2.05, 4.69) is 20.3 Å². The molecule has 4 aromatic rings. The summed E-state index contributed by atoms with van der Waals surface area (Å²) in [6, 6.07) is 17.0. The van der Waals surface area contributed by atoms with Gasteiger partial charge >= 0.3 is 0 Å². The molecule has 6 nitrogen and oxygen atoms in total. The second-order valence-electron chi connectivity index (χ2n) is 5.89. The van der Waals surface area contributed by atoms with Crippen molar-refractivity contribution in [1.82, 2.24) is 15.0 Å². The van der Waals surface area contributed by atoms with Crippen molar-refractivity contribution in [2.75, 3.05) is 11.1 Å². The first-order valence-electron chi connectivity index (χ1n) is 9.15. The molecule has 6 heteroatoms. The maximum absolute atomic E-state index is 5.88. The van der Waals surface area contributed by atoms with E-state index in [1.165, 1.54) is 6.33 Å². The van der Waals surface area contributed by atoms with E-state index in [4.69, 9.17) is 10.5 Å². The predicted octanol–water partition coefficient (Wildman–Crippen LogP) is 5.48. The number of hydrogen-bond acceptors (Lipinski definition) is 6. The molecule has 2 heterocycles. The summed E-state index contributed by atoms with van der Waals surface area (Å²) in [4.78, 5) is 12.8. The molecule has 28 heavy (non-hydrogen) atoms. The third-order valence-electron chi connectivity index (χ3n) is 3.90. The summed E-state index contributed by atoms with van der Waals surface area (Å²) in [5, 5.41) is 4.17. The molecule has 0 aliphatic carbocycles. The van der Waals surface area contributed by atoms with Crippen LogP contribution in [0.15, 0.2) is 67.1 Å². The van der Waals surface area contributed by atoms with E-state index < -0.39 is 0 Å². The molecule has 2 aromatic carbocycles. The van der Waals surface area contributed by atoms with Crippen LogP contribution >= 0.6 is 0 Å². The van der Waals surface area contributed by atoms with Crippen LogP contribution in [0.5, 0.6) is 11.5 Å². The van der Waals surface area contributed by atoms with Gasteiger partial charge in [-0.25, -0.2) is 9.97 Å². The highest BCUT2D eigenvalue weighted by Gasteiger charge is 2.05. The zero-order chi connectivity index (χ0) is 19.9. The molecule has 0 aliphatic heterocycles. The van der Waals surface area contributed by atoms with Gasteiger partial charge in [-0.3, -0.25) is 4.98 Å². The second kappa shape index (κ2) is 8.81. The van der Waals surface area contributed by atoms with Crippen molar-refractivity contribution >= 4 is 28.1 Å². The quantitative estimate of drug-likeness (QED) is 0.461. The van der Waals surface area contributed by atoms with Crippen molar-refractivity contribution in [2.45, 2.75) is 20.8 Å². The van der Waals surface area contributed by atoms with Crippen LogP contribution in [-0.4, -0.2) is 15.0 Å². The predicted molar refractivity (Wildman–Crippen MR) is 114 cm³/mol. The van der Waals surface area contributed by atoms with Gasteiger partial charge in [0.25, 0.3) is 0 Å². The topological polar surface area (TPSA) is 86.0 Å². The van der Waals surface area contributed by atoms with E-state index in [9.17, 15) is 0 Å². The SMILES string of the molecule is CC.Cc1ccc(Oc2ccc(Nc3ncnc4ccc(N)cc34)cc2)cn1. The number of aromatic nitrogens is 3. The van der Waals surface area contributed by atoms with E-state index in [0.717, 1.165) is 28.0 Å². The lowest BCUT2D eigenvalue weighted by molar-refractivity contribution is 0.480. The van der Waals surface area contributed by atoms with Crippen LogP contribution in [-0.2, 0) is 0 Å². The van der Waals surface area contributed by atoms with Crippen LogP contribution in [0.3, 0.4) is 0 Å². The Morgan fingerprint density at radius 3 is 2.32 bits per heavy atom. The van der Waals surface area contributed by atoms with Gasteiger partial charge < -0.3 is 15.8 Å². The van der Waals surface area contributed by atoms with E-state index in [1.54, 1.807) is 6.20 Å². The fourth-order valence-electron chi connectivity index (χ4n) is 2.57. The largest absolute Gasteiger partial charge is 0.456 e. The number of benzene rings is 2. The number of nitrogens with zero attached hydrogens (tertiary/aromatic N) is 3. The molecule has 0 saturated heterocycles. The Bertz CT molecular complexity index is 1050. The molecule has 0 amide bonds. The molecule has 142 valence electrons. The van der Waals surface area contributed by atoms with Gasteiger partial charge in [-0.2, -0.15) is 0 Å². The van der Waals surface area contributed by atoms with Crippen LogP contribution in [0.25, 0.3) is 10.9 Å². The molecule has 0 fully saturated rings. The third kappa shape index (κ3) is 4.54. The number of hydrogen-bond donors (Lipinski definition) is 2. The summed E-state index contributed by atoms with van der Waals surface area (Å²) < 4.78 is 5.79. The van der Waals surface area contributed by atoms with Gasteiger partial charge in [0.15, 0.2) is 0 Å². The molecular weight excluding hydrogens is 350 g/mol. The zero-order valence-electron chi connectivity index (χ0n) is 16.2. The van der Waals surface area contributed by atoms with Gasteiger partial charge in [0, 0.05) is 22.5 Å². The molecule has 4 rings (SSSR count). The molecule has 0 aliphatic rings. The number of nitrogen functional groups attached to an aromatic ring is 1. The van der Waals surface area contributed by atoms with Gasteiger partial charge in [0.2, 0.25) is 0 Å². The average molecular weight is 373 g/mol. The maximum Gasteiger partial charge on any atom is 0.145 e. The number of fused-ring (bicyclic) bond motifs is 1. The summed E-state index contributed by atoms with van der Waals surface area (Å²) in [6.07, 6.45) is 3.24. The minimum Gasteiger partial charge on any atom is -0.456 e. The summed E-state index contributed by atoms with van der Waals surface area (Å²) in [5.74, 6) is 2.14. The molecule has 0 saturated carbocycles. The first-order valence-corrected chi connectivity index (χ1v) is 9.15. The first kappa shape index (κ1) is 19.1. The van der Waals surface area contributed by atoms with Gasteiger partial charge in [-0.1, -0.05) is 13.8 Å². The van der Waals surface area contributed by atoms with Crippen molar-refractivity contribution in [2.24, 2.45) is 0 Å². The van der Waals surface area contributed by atoms with Gasteiger partial charge in [-0.05, 0) is 61.5 Å². The summed E-state index contributed by atoms with van der Waals surface area (Å²) in [6.45, 7) is 5.94. The Kier molecular flexibility index (Phi) is 6.01. The van der Waals surface area contributed by atoms with Crippen LogP contribution in [0.1, 0.15) is 19.5 Å². The molecule has 3 N–H and O–H groups in total. The number of nitrogens with two attached hydrogens (primary N) is 1. The van der Waals surface area contributed by atoms with Crippen molar-refractivity contribution in [3.05, 3.63) is 72.8 Å². The first-order chi connectivity index (χ1) is 13.7. The lowest BCUT2D eigenvalue weighted by Gasteiger charge is -2.10. The lowest BCUT2D eigenvalue weighted by atomic mass is 10.2. The summed E-state index contributed by atoms with van der Waals surface area (Å²) in [5.41, 5.74) is 9.24. The van der Waals surface area contributed by atoms with E-state index in [1.807, 2.05) is 75.4 Å². The highest BCUT2D eigenvalue weighted by atomic mass is 16.5. The Morgan fingerprint density at radius 1 is 0.857 bits per heavy atom. The average Bonchev–Trinajstić information content (AvgIpc) is 2.73. The summed E-state index contributed by atoms with van der Waals surface area (Å²) in [7, 11) is 0. The minimum absolute atomic E-state index is 0.672. The summed E-state index contributed by atoms with van der Waals surface area (Å²) >= 11 is 0. The Hall–Kier alpha value is -3.67. The minimum atomic E-state index is 0.672. The Labute approximate surface area is 164 Å². The van der Waals surface area contributed by atoms with E-state index >= 15 is 0 Å². The van der Waals surface area contributed by atoms with Gasteiger partial charge in [-0.15, -0.1) is 0 Å².